The van der Waals surface area contributed by atoms with E-state index in [9.17, 15) is 4.79 Å². The van der Waals surface area contributed by atoms with Crippen LogP contribution in [0.5, 0.6) is 5.75 Å². The Hall–Kier alpha value is -3.18. The average molecular weight is 428 g/mol. The highest BCUT2D eigenvalue weighted by Crippen LogP contribution is 2.48. The van der Waals surface area contributed by atoms with Crippen LogP contribution in [-0.2, 0) is 5.54 Å². The van der Waals surface area contributed by atoms with Crippen LogP contribution < -0.4 is 15.4 Å². The van der Waals surface area contributed by atoms with Gasteiger partial charge in [0.1, 0.15) is 12.4 Å². The molecule has 32 heavy (non-hydrogen) atoms. The Morgan fingerprint density at radius 3 is 2.78 bits per heavy atom. The summed E-state index contributed by atoms with van der Waals surface area (Å²) in [5.74, 6) is 0.670. The van der Waals surface area contributed by atoms with Crippen LogP contribution in [0.25, 0.3) is 16.5 Å². The minimum Gasteiger partial charge on any atom is -0.492 e. The molecule has 0 bridgehead atoms. The van der Waals surface area contributed by atoms with Crippen molar-refractivity contribution in [3.8, 4) is 5.75 Å². The summed E-state index contributed by atoms with van der Waals surface area (Å²) in [7, 11) is 0. The monoisotopic (exact) mass is 427 g/mol. The van der Waals surface area contributed by atoms with Gasteiger partial charge in [-0.05, 0) is 86.7 Å². The topological polar surface area (TPSA) is 63.2 Å². The lowest BCUT2D eigenvalue weighted by Crippen LogP contribution is -2.46. The van der Waals surface area contributed by atoms with E-state index in [2.05, 4.69) is 40.4 Å². The number of benzene rings is 2. The maximum absolute atomic E-state index is 13.4. The minimum atomic E-state index is -0.372. The molecule has 2 aliphatic rings. The molecule has 0 spiro atoms. The highest BCUT2D eigenvalue weighted by molar-refractivity contribution is 5.97. The number of allylic oxidation sites excluding steroid dienone is 1. The number of nitrogens with zero attached hydrogens (tertiary/aromatic N) is 1. The molecule has 1 saturated heterocycles. The lowest BCUT2D eigenvalue weighted by atomic mass is 9.94. The Bertz CT molecular complexity index is 1210. The first kappa shape index (κ1) is 20.7. The van der Waals surface area contributed by atoms with Crippen LogP contribution in [0, 0.1) is 6.92 Å². The molecule has 1 saturated carbocycles. The number of ether oxygens (including phenoxy) is 1. The van der Waals surface area contributed by atoms with Gasteiger partial charge in [-0.1, -0.05) is 24.3 Å². The van der Waals surface area contributed by atoms with Crippen molar-refractivity contribution in [1.82, 2.24) is 15.6 Å². The van der Waals surface area contributed by atoms with Gasteiger partial charge in [0, 0.05) is 23.2 Å². The maximum Gasteiger partial charge on any atom is 0.252 e. The molecule has 164 valence electrons. The second-order valence-electron chi connectivity index (χ2n) is 9.14. The predicted molar refractivity (Wildman–Crippen MR) is 128 cm³/mol. The molecule has 1 amide bonds. The van der Waals surface area contributed by atoms with Crippen LogP contribution in [0.2, 0.25) is 0 Å². The molecule has 2 aromatic carbocycles. The van der Waals surface area contributed by atoms with E-state index in [1.54, 1.807) is 6.20 Å². The van der Waals surface area contributed by atoms with Crippen molar-refractivity contribution >= 4 is 22.4 Å². The van der Waals surface area contributed by atoms with Gasteiger partial charge < -0.3 is 15.4 Å². The normalized spacial score (nSPS) is 18.6. The third-order valence-corrected chi connectivity index (χ3v) is 6.66. The zero-order valence-corrected chi connectivity index (χ0v) is 18.7. The van der Waals surface area contributed by atoms with Crippen LogP contribution in [0.4, 0.5) is 0 Å². The Morgan fingerprint density at radius 1 is 1.28 bits per heavy atom. The van der Waals surface area contributed by atoms with Gasteiger partial charge in [0.15, 0.2) is 0 Å². The Labute approximate surface area is 188 Å². The fourth-order valence-corrected chi connectivity index (χ4v) is 4.32. The second-order valence-corrected chi connectivity index (χ2v) is 9.14. The molecule has 5 heteroatoms. The first-order chi connectivity index (χ1) is 15.4. The lowest BCUT2D eigenvalue weighted by Gasteiger charge is -2.27. The van der Waals surface area contributed by atoms with Crippen LogP contribution in [-0.4, -0.2) is 30.1 Å². The Balaban J connectivity index is 1.43. The van der Waals surface area contributed by atoms with Crippen molar-refractivity contribution in [2.45, 2.75) is 44.7 Å². The van der Waals surface area contributed by atoms with Crippen molar-refractivity contribution in [3.05, 3.63) is 77.5 Å². The summed E-state index contributed by atoms with van der Waals surface area (Å²) in [6.07, 6.45) is 4.75. The summed E-state index contributed by atoms with van der Waals surface area (Å²) in [4.78, 5) is 18.0. The van der Waals surface area contributed by atoms with E-state index >= 15 is 0 Å². The van der Waals surface area contributed by atoms with Gasteiger partial charge in [-0.15, -0.1) is 0 Å². The van der Waals surface area contributed by atoms with Gasteiger partial charge in [0.05, 0.1) is 11.1 Å². The number of nitrogens with one attached hydrogen (secondary N) is 2. The van der Waals surface area contributed by atoms with Crippen molar-refractivity contribution in [1.29, 1.82) is 0 Å². The Kier molecular flexibility index (Phi) is 5.22. The van der Waals surface area contributed by atoms with E-state index < -0.39 is 0 Å². The van der Waals surface area contributed by atoms with Crippen molar-refractivity contribution in [2.24, 2.45) is 0 Å². The van der Waals surface area contributed by atoms with E-state index in [1.165, 1.54) is 0 Å². The standard InChI is InChI=1S/C27H29N3O2/c1-17(2)19-13-24(22-5-4-11-29-25(22)14-19)27(9-10-27)30-26(31)23-15-21(7-6-18(23)3)32-16-20-8-12-28-20/h4-7,11,13-15,20,28H,1,8-10,12,16H2,2-3H3,(H,30,31). The first-order valence-electron chi connectivity index (χ1n) is 11.3. The predicted octanol–water partition coefficient (Wildman–Crippen LogP) is 4.74. The number of amides is 1. The second kappa shape index (κ2) is 8.06. The molecule has 2 heterocycles. The summed E-state index contributed by atoms with van der Waals surface area (Å²) < 4.78 is 5.93. The van der Waals surface area contributed by atoms with Gasteiger partial charge in [-0.25, -0.2) is 0 Å². The smallest absolute Gasteiger partial charge is 0.252 e. The minimum absolute atomic E-state index is 0.0648. The summed E-state index contributed by atoms with van der Waals surface area (Å²) in [5, 5.41) is 7.76. The van der Waals surface area contributed by atoms with Gasteiger partial charge in [0.2, 0.25) is 0 Å². The highest BCUT2D eigenvalue weighted by Gasteiger charge is 2.47. The molecule has 3 aromatic rings. The van der Waals surface area contributed by atoms with E-state index in [0.29, 0.717) is 18.2 Å². The fourth-order valence-electron chi connectivity index (χ4n) is 4.32. The lowest BCUT2D eigenvalue weighted by molar-refractivity contribution is 0.0930. The fraction of sp³-hybridized carbons (Fsp3) is 0.333. The molecule has 1 unspecified atom stereocenters. The zero-order valence-electron chi connectivity index (χ0n) is 18.7. The average Bonchev–Trinajstić information content (AvgIpc) is 3.53. The molecule has 1 atom stereocenters. The van der Waals surface area contributed by atoms with Gasteiger partial charge in [0.25, 0.3) is 5.91 Å². The summed E-state index contributed by atoms with van der Waals surface area (Å²) in [6.45, 7) is 9.75. The maximum atomic E-state index is 13.4. The molecule has 5 nitrogen and oxygen atoms in total. The molecule has 2 fully saturated rings. The van der Waals surface area contributed by atoms with Crippen LogP contribution in [0.15, 0.2) is 55.2 Å². The molecular formula is C27H29N3O2. The summed E-state index contributed by atoms with van der Waals surface area (Å²) in [5.41, 5.74) is 5.33. The third kappa shape index (κ3) is 3.89. The van der Waals surface area contributed by atoms with Gasteiger partial charge in [-0.3, -0.25) is 9.78 Å². The molecule has 2 N–H and O–H groups in total. The number of hydrogen-bond acceptors (Lipinski definition) is 4. The number of aryl methyl sites for hydroxylation is 1. The number of carbonyl (C=O) groups is 1. The van der Waals surface area contributed by atoms with Crippen LogP contribution in [0.1, 0.15) is 53.2 Å². The summed E-state index contributed by atoms with van der Waals surface area (Å²) in [6, 6.07) is 14.4. The Morgan fingerprint density at radius 2 is 2.09 bits per heavy atom. The first-order valence-corrected chi connectivity index (χ1v) is 11.3. The third-order valence-electron chi connectivity index (χ3n) is 6.66. The van der Waals surface area contributed by atoms with E-state index in [1.807, 2.05) is 38.1 Å². The summed E-state index contributed by atoms with van der Waals surface area (Å²) >= 11 is 0. The van der Waals surface area contributed by atoms with E-state index in [4.69, 9.17) is 4.74 Å². The highest BCUT2D eigenvalue weighted by atomic mass is 16.5. The quantitative estimate of drug-likeness (QED) is 0.572. The number of aromatic nitrogens is 1. The van der Waals surface area contributed by atoms with Crippen LogP contribution >= 0.6 is 0 Å². The molecule has 1 aromatic heterocycles. The molecule has 1 aliphatic heterocycles. The molecule has 0 radical (unpaired) electrons. The number of rotatable bonds is 7. The van der Waals surface area contributed by atoms with E-state index in [0.717, 1.165) is 64.7 Å². The van der Waals surface area contributed by atoms with Gasteiger partial charge >= 0.3 is 0 Å². The molecular weight excluding hydrogens is 398 g/mol. The number of hydrogen-bond donors (Lipinski definition) is 2. The molecule has 1 aliphatic carbocycles. The number of pyridine rings is 1. The van der Waals surface area contributed by atoms with E-state index in [-0.39, 0.29) is 11.4 Å². The number of fused-ring (bicyclic) bond motifs is 1. The number of carbonyl (C=O) groups excluding carboxylic acids is 1. The van der Waals surface area contributed by atoms with Gasteiger partial charge in [-0.2, -0.15) is 0 Å². The van der Waals surface area contributed by atoms with Crippen molar-refractivity contribution in [2.75, 3.05) is 13.2 Å². The SMILES string of the molecule is C=C(C)c1cc(C2(NC(=O)c3cc(OCC4CCN4)ccc3C)CC2)c2cccnc2c1. The largest absolute Gasteiger partial charge is 0.492 e. The van der Waals surface area contributed by atoms with Crippen molar-refractivity contribution in [3.63, 3.8) is 0 Å². The van der Waals surface area contributed by atoms with Crippen molar-refractivity contribution < 1.29 is 9.53 Å². The van der Waals surface area contributed by atoms with Crippen LogP contribution in [0.3, 0.4) is 0 Å². The zero-order chi connectivity index (χ0) is 22.3. The molecule has 5 rings (SSSR count).